The van der Waals surface area contributed by atoms with Gasteiger partial charge in [0.15, 0.2) is 11.9 Å². The summed E-state index contributed by atoms with van der Waals surface area (Å²) in [6.07, 6.45) is -0.956. The van der Waals surface area contributed by atoms with E-state index in [1.54, 1.807) is 36.4 Å². The molecule has 0 aliphatic carbocycles. The number of halogens is 1. The summed E-state index contributed by atoms with van der Waals surface area (Å²) in [7, 11) is 0. The molecule has 0 aliphatic heterocycles. The molecule has 0 unspecified atom stereocenters. The molecule has 1 atom stereocenters. The number of aryl methyl sites for hydroxylation is 1. The van der Waals surface area contributed by atoms with Crippen molar-refractivity contribution in [3.8, 4) is 5.75 Å². The summed E-state index contributed by atoms with van der Waals surface area (Å²) in [4.78, 5) is 29.3. The molecular weight excluding hydrogens is 440 g/mol. The minimum Gasteiger partial charge on any atom is -0.479 e. The number of carboxylic acid groups (broad SMARTS) is 1. The number of aliphatic carboxylic acids is 1. The second-order valence-electron chi connectivity index (χ2n) is 7.95. The Labute approximate surface area is 196 Å². The van der Waals surface area contributed by atoms with Gasteiger partial charge in [-0.15, -0.1) is 0 Å². The number of rotatable bonds is 7. The largest absolute Gasteiger partial charge is 0.479 e. The van der Waals surface area contributed by atoms with Gasteiger partial charge in [-0.05, 0) is 74.9 Å². The SMILES string of the molecule is Cc1ccc2c(C(=O)c3ccc(Cl)cc3)c(C)n(Cc3cccc(O[C@@H](C)C(=O)O)c3)c2n1. The molecule has 2 aromatic carbocycles. The maximum absolute atomic E-state index is 13.4. The fourth-order valence-electron chi connectivity index (χ4n) is 3.81. The van der Waals surface area contributed by atoms with Gasteiger partial charge in [-0.25, -0.2) is 9.78 Å². The van der Waals surface area contributed by atoms with Crippen LogP contribution < -0.4 is 4.74 Å². The van der Waals surface area contributed by atoms with Gasteiger partial charge in [-0.3, -0.25) is 4.79 Å². The third-order valence-electron chi connectivity index (χ3n) is 5.54. The number of ketones is 1. The number of aromatic nitrogens is 2. The summed E-state index contributed by atoms with van der Waals surface area (Å²) in [5.41, 5.74) is 4.42. The van der Waals surface area contributed by atoms with Crippen LogP contribution in [0.15, 0.2) is 60.7 Å². The van der Waals surface area contributed by atoms with Gasteiger partial charge in [0.05, 0.1) is 5.56 Å². The van der Waals surface area contributed by atoms with E-state index in [2.05, 4.69) is 0 Å². The van der Waals surface area contributed by atoms with Gasteiger partial charge in [0.25, 0.3) is 0 Å². The smallest absolute Gasteiger partial charge is 0.344 e. The van der Waals surface area contributed by atoms with E-state index in [0.717, 1.165) is 28.0 Å². The van der Waals surface area contributed by atoms with Gasteiger partial charge in [0.2, 0.25) is 0 Å². The maximum atomic E-state index is 13.4. The van der Waals surface area contributed by atoms with Gasteiger partial charge in [-0.1, -0.05) is 23.7 Å². The zero-order chi connectivity index (χ0) is 23.7. The molecule has 0 amide bonds. The lowest BCUT2D eigenvalue weighted by Crippen LogP contribution is -2.22. The number of hydrogen-bond acceptors (Lipinski definition) is 4. The number of carboxylic acids is 1. The molecule has 6 nitrogen and oxygen atoms in total. The van der Waals surface area contributed by atoms with Gasteiger partial charge in [-0.2, -0.15) is 0 Å². The van der Waals surface area contributed by atoms with Crippen molar-refractivity contribution in [1.29, 1.82) is 0 Å². The van der Waals surface area contributed by atoms with Crippen LogP contribution in [0.3, 0.4) is 0 Å². The minimum atomic E-state index is -1.03. The third kappa shape index (κ3) is 4.61. The van der Waals surface area contributed by atoms with Crippen LogP contribution in [-0.4, -0.2) is 32.5 Å². The van der Waals surface area contributed by atoms with Crippen molar-refractivity contribution >= 4 is 34.4 Å². The Hall–Kier alpha value is -3.64. The lowest BCUT2D eigenvalue weighted by Gasteiger charge is -2.13. The Morgan fingerprint density at radius 2 is 1.82 bits per heavy atom. The number of pyridine rings is 1. The van der Waals surface area contributed by atoms with Crippen LogP contribution in [0.1, 0.15) is 39.8 Å². The van der Waals surface area contributed by atoms with Crippen molar-refractivity contribution in [3.63, 3.8) is 0 Å². The highest BCUT2D eigenvalue weighted by Crippen LogP contribution is 2.29. The van der Waals surface area contributed by atoms with Crippen LogP contribution in [-0.2, 0) is 11.3 Å². The highest BCUT2D eigenvalue weighted by molar-refractivity contribution is 6.30. The molecule has 0 bridgehead atoms. The number of hydrogen-bond donors (Lipinski definition) is 1. The van der Waals surface area contributed by atoms with Crippen molar-refractivity contribution < 1.29 is 19.4 Å². The molecule has 2 aromatic heterocycles. The molecule has 0 spiro atoms. The summed E-state index contributed by atoms with van der Waals surface area (Å²) in [5, 5.41) is 10.5. The lowest BCUT2D eigenvalue weighted by atomic mass is 10.0. The maximum Gasteiger partial charge on any atom is 0.344 e. The van der Waals surface area contributed by atoms with Gasteiger partial charge in [0, 0.05) is 33.9 Å². The zero-order valence-electron chi connectivity index (χ0n) is 18.5. The predicted octanol–water partition coefficient (Wildman–Crippen LogP) is 5.44. The van der Waals surface area contributed by atoms with Gasteiger partial charge < -0.3 is 14.4 Å². The number of carbonyl (C=O) groups is 2. The van der Waals surface area contributed by atoms with E-state index in [9.17, 15) is 9.59 Å². The van der Waals surface area contributed by atoms with Crippen LogP contribution in [0.2, 0.25) is 5.02 Å². The molecule has 0 saturated carbocycles. The number of ether oxygens (including phenoxy) is 1. The summed E-state index contributed by atoms with van der Waals surface area (Å²) in [5.74, 6) is -0.651. The fraction of sp³-hybridized carbons (Fsp3) is 0.192. The summed E-state index contributed by atoms with van der Waals surface area (Å²) in [6, 6.07) is 18.0. The van der Waals surface area contributed by atoms with E-state index >= 15 is 0 Å². The first-order valence-electron chi connectivity index (χ1n) is 10.5. The highest BCUT2D eigenvalue weighted by Gasteiger charge is 2.22. The Bertz CT molecular complexity index is 1360. The molecule has 33 heavy (non-hydrogen) atoms. The molecule has 1 N–H and O–H groups in total. The number of benzene rings is 2. The Balaban J connectivity index is 1.77. The van der Waals surface area contributed by atoms with Crippen LogP contribution in [0.5, 0.6) is 5.75 Å². The summed E-state index contributed by atoms with van der Waals surface area (Å²) < 4.78 is 7.52. The molecule has 7 heteroatoms. The minimum absolute atomic E-state index is 0.0917. The lowest BCUT2D eigenvalue weighted by molar-refractivity contribution is -0.144. The molecular formula is C26H23ClN2O4. The van der Waals surface area contributed by atoms with E-state index in [1.807, 2.05) is 42.7 Å². The number of nitrogens with zero attached hydrogens (tertiary/aromatic N) is 2. The van der Waals surface area contributed by atoms with Gasteiger partial charge in [0.1, 0.15) is 11.4 Å². The van der Waals surface area contributed by atoms with Crippen molar-refractivity contribution in [1.82, 2.24) is 9.55 Å². The topological polar surface area (TPSA) is 81.4 Å². The molecule has 0 saturated heterocycles. The molecule has 4 rings (SSSR count). The summed E-state index contributed by atoms with van der Waals surface area (Å²) >= 11 is 5.99. The molecule has 0 aliphatic rings. The average Bonchev–Trinajstić information content (AvgIpc) is 3.04. The second kappa shape index (κ2) is 9.08. The molecule has 168 valence electrons. The number of carbonyl (C=O) groups excluding carboxylic acids is 1. The van der Waals surface area contributed by atoms with Gasteiger partial charge >= 0.3 is 5.97 Å². The van der Waals surface area contributed by atoms with Crippen molar-refractivity contribution in [2.24, 2.45) is 0 Å². The highest BCUT2D eigenvalue weighted by atomic mass is 35.5. The average molecular weight is 463 g/mol. The number of fused-ring (bicyclic) bond motifs is 1. The molecule has 2 heterocycles. The monoisotopic (exact) mass is 462 g/mol. The van der Waals surface area contributed by atoms with E-state index in [-0.39, 0.29) is 5.78 Å². The first-order chi connectivity index (χ1) is 15.7. The zero-order valence-corrected chi connectivity index (χ0v) is 19.3. The molecule has 0 radical (unpaired) electrons. The van der Waals surface area contributed by atoms with Crippen molar-refractivity contribution in [3.05, 3.63) is 93.8 Å². The normalized spacial score (nSPS) is 12.0. The van der Waals surface area contributed by atoms with Crippen LogP contribution in [0.25, 0.3) is 11.0 Å². The van der Waals surface area contributed by atoms with E-state index in [0.29, 0.717) is 28.4 Å². The molecule has 4 aromatic rings. The van der Waals surface area contributed by atoms with E-state index in [1.165, 1.54) is 6.92 Å². The Morgan fingerprint density at radius 1 is 1.09 bits per heavy atom. The first-order valence-corrected chi connectivity index (χ1v) is 10.9. The van der Waals surface area contributed by atoms with Crippen molar-refractivity contribution in [2.45, 2.75) is 33.4 Å². The first kappa shape index (κ1) is 22.6. The fourth-order valence-corrected chi connectivity index (χ4v) is 3.94. The van der Waals surface area contributed by atoms with Crippen LogP contribution >= 0.6 is 11.6 Å². The van der Waals surface area contributed by atoms with Crippen LogP contribution in [0, 0.1) is 13.8 Å². The van der Waals surface area contributed by atoms with Crippen LogP contribution in [0.4, 0.5) is 0 Å². The van der Waals surface area contributed by atoms with E-state index < -0.39 is 12.1 Å². The Morgan fingerprint density at radius 3 is 2.52 bits per heavy atom. The predicted molar refractivity (Wildman–Crippen MR) is 127 cm³/mol. The third-order valence-corrected chi connectivity index (χ3v) is 5.79. The second-order valence-corrected chi connectivity index (χ2v) is 8.39. The van der Waals surface area contributed by atoms with E-state index in [4.69, 9.17) is 26.4 Å². The van der Waals surface area contributed by atoms with Crippen molar-refractivity contribution in [2.75, 3.05) is 0 Å². The summed E-state index contributed by atoms with van der Waals surface area (Å²) in [6.45, 7) is 5.76. The molecule has 0 fully saturated rings. The standard InChI is InChI=1S/C26H23ClN2O4/c1-15-7-12-22-23(24(30)19-8-10-20(27)11-9-19)16(2)29(25(22)28-15)14-18-5-4-6-21(13-18)33-17(3)26(31)32/h4-13,17H,14H2,1-3H3,(H,31,32)/t17-/m0/s1. The quantitative estimate of drug-likeness (QED) is 0.370. The Kier molecular flexibility index (Phi) is 6.20.